The van der Waals surface area contributed by atoms with Gasteiger partial charge < -0.3 is 14.0 Å². The van der Waals surface area contributed by atoms with Gasteiger partial charge in [-0.05, 0) is 72.9 Å². The first-order valence-electron chi connectivity index (χ1n) is 10.9. The Kier molecular flexibility index (Phi) is 6.22. The van der Waals surface area contributed by atoms with E-state index < -0.39 is 11.8 Å². The van der Waals surface area contributed by atoms with Crippen molar-refractivity contribution in [2.45, 2.75) is 0 Å². The minimum atomic E-state index is -0.585. The number of aromatic nitrogens is 1. The summed E-state index contributed by atoms with van der Waals surface area (Å²) in [6, 6.07) is 21.4. The molecule has 1 aliphatic heterocycles. The summed E-state index contributed by atoms with van der Waals surface area (Å²) < 4.78 is 13.3. The van der Waals surface area contributed by atoms with Crippen LogP contribution in [0.4, 0.5) is 5.69 Å². The molecule has 3 aromatic carbocycles. The molecule has 0 radical (unpaired) electrons. The number of methoxy groups -OCH3 is 1. The van der Waals surface area contributed by atoms with Crippen molar-refractivity contribution in [2.24, 2.45) is 7.05 Å². The second-order valence-corrected chi connectivity index (χ2v) is 8.83. The third kappa shape index (κ3) is 4.21. The zero-order chi connectivity index (χ0) is 25.4. The summed E-state index contributed by atoms with van der Waals surface area (Å²) in [6.07, 6.45) is 1.55. The molecule has 4 aromatic rings. The van der Waals surface area contributed by atoms with E-state index >= 15 is 0 Å². The summed E-state index contributed by atoms with van der Waals surface area (Å²) in [5, 5.41) is 3.95. The molecule has 0 atom stereocenters. The zero-order valence-corrected chi connectivity index (χ0v) is 20.9. The maximum Gasteiger partial charge on any atom is 0.270 e. The molecule has 9 heteroatoms. The molecule has 1 aromatic heterocycles. The van der Waals surface area contributed by atoms with Crippen molar-refractivity contribution < 1.29 is 19.1 Å². The number of hydrogen-bond acceptors (Lipinski definition) is 5. The first kappa shape index (κ1) is 23.6. The molecule has 7 nitrogen and oxygen atoms in total. The van der Waals surface area contributed by atoms with Gasteiger partial charge in [0.15, 0.2) is 5.11 Å². The molecule has 2 heterocycles. The van der Waals surface area contributed by atoms with Gasteiger partial charge in [0.2, 0.25) is 5.88 Å². The van der Waals surface area contributed by atoms with E-state index in [0.717, 1.165) is 10.9 Å². The summed E-state index contributed by atoms with van der Waals surface area (Å²) in [5.74, 6) is 0.614. The van der Waals surface area contributed by atoms with Gasteiger partial charge in [-0.3, -0.25) is 19.8 Å². The largest absolute Gasteiger partial charge is 0.497 e. The predicted octanol–water partition coefficient (Wildman–Crippen LogP) is 5.46. The van der Waals surface area contributed by atoms with Crippen LogP contribution in [0.5, 0.6) is 17.4 Å². The summed E-state index contributed by atoms with van der Waals surface area (Å²) >= 11 is 11.3. The Morgan fingerprint density at radius 3 is 2.31 bits per heavy atom. The second kappa shape index (κ2) is 9.49. The van der Waals surface area contributed by atoms with Crippen LogP contribution in [0.1, 0.15) is 5.56 Å². The van der Waals surface area contributed by atoms with E-state index in [0.29, 0.717) is 33.7 Å². The average molecular weight is 518 g/mol. The standard InChI is InChI=1S/C27H20ClN3O4S/c1-30-23-6-4-3-5-20(23)21(26(30)35-19-13-11-18(34-2)12-14-19)15-22-24(32)29-27(36)31(25(22)33)17-9-7-16(28)8-10-17/h3-15H,1-2H3,(H,29,32,36)/b22-15+. The summed E-state index contributed by atoms with van der Waals surface area (Å²) in [4.78, 5) is 27.7. The number of hydrogen-bond donors (Lipinski definition) is 1. The number of thiocarbonyl (C=S) groups is 1. The van der Waals surface area contributed by atoms with Crippen LogP contribution in [0.3, 0.4) is 0 Å². The van der Waals surface area contributed by atoms with Crippen molar-refractivity contribution in [3.05, 3.63) is 89.0 Å². The molecule has 1 N–H and O–H groups in total. The van der Waals surface area contributed by atoms with Crippen molar-refractivity contribution in [1.82, 2.24) is 9.88 Å². The fourth-order valence-corrected chi connectivity index (χ4v) is 4.45. The molecule has 0 aliphatic carbocycles. The lowest BCUT2D eigenvalue weighted by Crippen LogP contribution is -2.54. The quantitative estimate of drug-likeness (QED) is 0.216. The van der Waals surface area contributed by atoms with Gasteiger partial charge in [-0.2, -0.15) is 0 Å². The molecule has 1 fully saturated rings. The first-order chi connectivity index (χ1) is 17.4. The molecule has 2 amide bonds. The van der Waals surface area contributed by atoms with Crippen LogP contribution in [-0.4, -0.2) is 28.6 Å². The monoisotopic (exact) mass is 517 g/mol. The van der Waals surface area contributed by atoms with Crippen LogP contribution >= 0.6 is 23.8 Å². The number of aryl methyl sites for hydroxylation is 1. The van der Waals surface area contributed by atoms with Gasteiger partial charge in [-0.25, -0.2) is 0 Å². The van der Waals surface area contributed by atoms with Gasteiger partial charge in [0.05, 0.1) is 18.3 Å². The van der Waals surface area contributed by atoms with Gasteiger partial charge in [-0.15, -0.1) is 0 Å². The van der Waals surface area contributed by atoms with E-state index in [2.05, 4.69) is 5.32 Å². The SMILES string of the molecule is COc1ccc(Oc2c(/C=C3\C(=O)NC(=S)N(c4ccc(Cl)cc4)C3=O)c3ccccc3n2C)cc1. The second-order valence-electron chi connectivity index (χ2n) is 8.01. The highest BCUT2D eigenvalue weighted by Crippen LogP contribution is 2.37. The number of anilines is 1. The molecule has 0 bridgehead atoms. The zero-order valence-electron chi connectivity index (χ0n) is 19.3. The van der Waals surface area contributed by atoms with Crippen LogP contribution in [0.15, 0.2) is 78.4 Å². The van der Waals surface area contributed by atoms with E-state index in [-0.39, 0.29) is 10.7 Å². The number of carbonyl (C=O) groups excluding carboxylic acids is 2. The Hall–Kier alpha value is -4.14. The summed E-state index contributed by atoms with van der Waals surface area (Å²) in [6.45, 7) is 0. The van der Waals surface area contributed by atoms with Crippen molar-refractivity contribution in [3.8, 4) is 17.4 Å². The van der Waals surface area contributed by atoms with Gasteiger partial charge in [0.1, 0.15) is 17.1 Å². The van der Waals surface area contributed by atoms with Crippen LogP contribution < -0.4 is 19.7 Å². The molecule has 0 unspecified atom stereocenters. The smallest absolute Gasteiger partial charge is 0.270 e. The van der Waals surface area contributed by atoms with E-state index in [4.69, 9.17) is 33.3 Å². The summed E-state index contributed by atoms with van der Waals surface area (Å²) in [5.41, 5.74) is 1.88. The number of nitrogens with zero attached hydrogens (tertiary/aromatic N) is 2. The molecule has 5 rings (SSSR count). The normalized spacial score (nSPS) is 14.9. The van der Waals surface area contributed by atoms with Crippen LogP contribution in [0.2, 0.25) is 5.02 Å². The molecule has 1 saturated heterocycles. The Morgan fingerprint density at radius 2 is 1.61 bits per heavy atom. The van der Waals surface area contributed by atoms with Crippen molar-refractivity contribution in [2.75, 3.05) is 12.0 Å². The lowest BCUT2D eigenvalue weighted by atomic mass is 10.1. The van der Waals surface area contributed by atoms with E-state index in [9.17, 15) is 9.59 Å². The third-order valence-electron chi connectivity index (χ3n) is 5.84. The van der Waals surface area contributed by atoms with Gasteiger partial charge in [0, 0.05) is 23.0 Å². The number of amides is 2. The molecular formula is C27H20ClN3O4S. The number of rotatable bonds is 5. The highest BCUT2D eigenvalue weighted by molar-refractivity contribution is 7.80. The Labute approximate surface area is 217 Å². The number of halogens is 1. The third-order valence-corrected chi connectivity index (χ3v) is 6.38. The fraction of sp³-hybridized carbons (Fsp3) is 0.0741. The van der Waals surface area contributed by atoms with E-state index in [1.54, 1.807) is 61.7 Å². The summed E-state index contributed by atoms with van der Waals surface area (Å²) in [7, 11) is 3.45. The highest BCUT2D eigenvalue weighted by atomic mass is 35.5. The van der Waals surface area contributed by atoms with Gasteiger partial charge in [-0.1, -0.05) is 29.8 Å². The topological polar surface area (TPSA) is 72.8 Å². The Bertz CT molecular complexity index is 1540. The minimum absolute atomic E-state index is 0.00269. The first-order valence-corrected chi connectivity index (χ1v) is 11.7. The molecule has 36 heavy (non-hydrogen) atoms. The number of carbonyl (C=O) groups is 2. The lowest BCUT2D eigenvalue weighted by molar-refractivity contribution is -0.122. The molecule has 1 aliphatic rings. The Balaban J connectivity index is 1.62. The van der Waals surface area contributed by atoms with E-state index in [1.807, 2.05) is 35.9 Å². The van der Waals surface area contributed by atoms with Gasteiger partial charge in [0.25, 0.3) is 11.8 Å². The van der Waals surface area contributed by atoms with Crippen LogP contribution in [0, 0.1) is 0 Å². The number of para-hydroxylation sites is 1. The average Bonchev–Trinajstić information content (AvgIpc) is 3.14. The minimum Gasteiger partial charge on any atom is -0.497 e. The number of benzene rings is 3. The Morgan fingerprint density at radius 1 is 0.944 bits per heavy atom. The van der Waals surface area contributed by atoms with Crippen molar-refractivity contribution in [1.29, 1.82) is 0 Å². The highest BCUT2D eigenvalue weighted by Gasteiger charge is 2.35. The molecule has 0 saturated carbocycles. The predicted molar refractivity (Wildman–Crippen MR) is 144 cm³/mol. The van der Waals surface area contributed by atoms with Crippen LogP contribution in [-0.2, 0) is 16.6 Å². The lowest BCUT2D eigenvalue weighted by Gasteiger charge is -2.29. The fourth-order valence-electron chi connectivity index (χ4n) is 4.04. The molecule has 180 valence electrons. The van der Waals surface area contributed by atoms with Crippen LogP contribution in [0.25, 0.3) is 17.0 Å². The van der Waals surface area contributed by atoms with E-state index in [1.165, 1.54) is 4.90 Å². The molecular weight excluding hydrogens is 498 g/mol. The van der Waals surface area contributed by atoms with Gasteiger partial charge >= 0.3 is 0 Å². The number of ether oxygens (including phenoxy) is 2. The molecule has 0 spiro atoms. The van der Waals surface area contributed by atoms with Crippen molar-refractivity contribution >= 4 is 63.4 Å². The number of nitrogens with one attached hydrogen (secondary N) is 1. The number of fused-ring (bicyclic) bond motifs is 1. The maximum absolute atomic E-state index is 13.5. The maximum atomic E-state index is 13.5. The van der Waals surface area contributed by atoms with Crippen molar-refractivity contribution in [3.63, 3.8) is 0 Å².